The van der Waals surface area contributed by atoms with E-state index in [1.807, 2.05) is 6.92 Å². The van der Waals surface area contributed by atoms with Crippen molar-refractivity contribution >= 4 is 33.2 Å². The van der Waals surface area contributed by atoms with Crippen LogP contribution in [0, 0.1) is 0 Å². The predicted octanol–water partition coefficient (Wildman–Crippen LogP) is 1.01. The van der Waals surface area contributed by atoms with Gasteiger partial charge in [0.2, 0.25) is 10.0 Å². The van der Waals surface area contributed by atoms with Crippen LogP contribution in [-0.2, 0) is 14.8 Å². The Morgan fingerprint density at radius 1 is 1.37 bits per heavy atom. The fourth-order valence-corrected chi connectivity index (χ4v) is 7.11. The van der Waals surface area contributed by atoms with E-state index in [4.69, 9.17) is 16.3 Å². The van der Waals surface area contributed by atoms with E-state index in [1.165, 1.54) is 4.31 Å². The molecule has 0 aliphatic carbocycles. The standard InChI is InChI=1S/C17H19ClN4O4S/c1-2-22-10-17-9-21(7-12(26-17)5-14(17)27(22,24)25)16(23)13-8-20-6-11(18)3-4-15(20)19-13/h3-4,6,8,12,14H,2,5,7,9-10H2,1H3/t12-,14+,17?/m1/s1. The Hall–Kier alpha value is -1.68. The predicted molar refractivity (Wildman–Crippen MR) is 98.3 cm³/mol. The summed E-state index contributed by atoms with van der Waals surface area (Å²) in [5.74, 6) is -0.213. The number of fused-ring (bicyclic) bond motifs is 2. The van der Waals surface area contributed by atoms with Gasteiger partial charge in [0, 0.05) is 32.0 Å². The molecule has 2 aromatic heterocycles. The molecule has 1 spiro atoms. The summed E-state index contributed by atoms with van der Waals surface area (Å²) >= 11 is 5.99. The first-order valence-corrected chi connectivity index (χ1v) is 10.8. The lowest BCUT2D eigenvalue weighted by atomic mass is 9.99. The molecule has 10 heteroatoms. The lowest BCUT2D eigenvalue weighted by Crippen LogP contribution is -2.56. The van der Waals surface area contributed by atoms with Gasteiger partial charge in [-0.3, -0.25) is 4.79 Å². The van der Waals surface area contributed by atoms with Crippen LogP contribution in [-0.4, -0.2) is 76.0 Å². The zero-order valence-electron chi connectivity index (χ0n) is 14.7. The molecule has 0 aromatic carbocycles. The number of aromatic nitrogens is 2. The van der Waals surface area contributed by atoms with Crippen LogP contribution in [0.4, 0.5) is 0 Å². The van der Waals surface area contributed by atoms with Crippen LogP contribution >= 0.6 is 11.6 Å². The molecule has 1 amide bonds. The number of ether oxygens (including phenoxy) is 1. The molecule has 5 rings (SSSR count). The molecule has 27 heavy (non-hydrogen) atoms. The quantitative estimate of drug-likeness (QED) is 0.737. The summed E-state index contributed by atoms with van der Waals surface area (Å²) in [6, 6.07) is 3.47. The van der Waals surface area contributed by atoms with Gasteiger partial charge < -0.3 is 14.0 Å². The average molecular weight is 411 g/mol. The third-order valence-corrected chi connectivity index (χ3v) is 8.46. The molecular formula is C17H19ClN4O4S. The number of nitrogens with zero attached hydrogens (tertiary/aromatic N) is 4. The minimum absolute atomic E-state index is 0.213. The summed E-state index contributed by atoms with van der Waals surface area (Å²) in [6.45, 7) is 3.18. The minimum atomic E-state index is -3.38. The first-order valence-electron chi connectivity index (χ1n) is 8.93. The maximum absolute atomic E-state index is 13.1. The molecule has 144 valence electrons. The van der Waals surface area contributed by atoms with Crippen LogP contribution in [0.5, 0.6) is 0 Å². The van der Waals surface area contributed by atoms with Crippen molar-refractivity contribution in [2.75, 3.05) is 26.2 Å². The fourth-order valence-electron chi connectivity index (χ4n) is 4.62. The third kappa shape index (κ3) is 2.45. The highest BCUT2D eigenvalue weighted by Crippen LogP contribution is 2.46. The fraction of sp³-hybridized carbons (Fsp3) is 0.529. The van der Waals surface area contributed by atoms with Gasteiger partial charge in [0.25, 0.3) is 5.91 Å². The maximum Gasteiger partial charge on any atom is 0.274 e. The number of amides is 1. The van der Waals surface area contributed by atoms with E-state index >= 15 is 0 Å². The summed E-state index contributed by atoms with van der Waals surface area (Å²) < 4.78 is 34.8. The number of pyridine rings is 1. The van der Waals surface area contributed by atoms with Gasteiger partial charge in [0.15, 0.2) is 0 Å². The molecule has 2 bridgehead atoms. The molecule has 3 aliphatic heterocycles. The summed E-state index contributed by atoms with van der Waals surface area (Å²) in [5.41, 5.74) is 0.117. The molecular weight excluding hydrogens is 392 g/mol. The van der Waals surface area contributed by atoms with Gasteiger partial charge in [-0.25, -0.2) is 13.4 Å². The Bertz CT molecular complexity index is 1050. The van der Waals surface area contributed by atoms with E-state index < -0.39 is 20.9 Å². The molecule has 3 atom stereocenters. The molecule has 8 nitrogen and oxygen atoms in total. The normalized spacial score (nSPS) is 32.1. The zero-order valence-corrected chi connectivity index (χ0v) is 16.3. The van der Waals surface area contributed by atoms with Gasteiger partial charge in [-0.1, -0.05) is 18.5 Å². The number of morpholine rings is 1. The Morgan fingerprint density at radius 2 is 2.19 bits per heavy atom. The molecule has 3 fully saturated rings. The van der Waals surface area contributed by atoms with E-state index in [1.54, 1.807) is 33.8 Å². The molecule has 0 N–H and O–H groups in total. The highest BCUT2D eigenvalue weighted by Gasteiger charge is 2.65. The van der Waals surface area contributed by atoms with E-state index in [0.29, 0.717) is 42.4 Å². The van der Waals surface area contributed by atoms with Gasteiger partial charge in [-0.05, 0) is 18.6 Å². The van der Waals surface area contributed by atoms with Gasteiger partial charge in [-0.15, -0.1) is 0 Å². The van der Waals surface area contributed by atoms with Crippen molar-refractivity contribution < 1.29 is 17.9 Å². The van der Waals surface area contributed by atoms with Crippen molar-refractivity contribution in [1.82, 2.24) is 18.6 Å². The van der Waals surface area contributed by atoms with E-state index in [9.17, 15) is 13.2 Å². The first-order chi connectivity index (χ1) is 12.8. The van der Waals surface area contributed by atoms with Crippen molar-refractivity contribution in [1.29, 1.82) is 0 Å². The van der Waals surface area contributed by atoms with Crippen LogP contribution in [0.15, 0.2) is 24.5 Å². The Kier molecular flexibility index (Phi) is 3.65. The number of sulfonamides is 1. The lowest BCUT2D eigenvalue weighted by molar-refractivity contribution is -0.0975. The van der Waals surface area contributed by atoms with Gasteiger partial charge in [0.1, 0.15) is 22.2 Å². The number of likely N-dealkylation sites (tertiary alicyclic amines) is 1. The highest BCUT2D eigenvalue weighted by atomic mass is 35.5. The number of hydrogen-bond donors (Lipinski definition) is 0. The lowest BCUT2D eigenvalue weighted by Gasteiger charge is -2.39. The van der Waals surface area contributed by atoms with Crippen molar-refractivity contribution in [3.8, 4) is 0 Å². The average Bonchev–Trinajstić information content (AvgIpc) is 3.22. The van der Waals surface area contributed by atoms with Crippen LogP contribution < -0.4 is 0 Å². The molecule has 3 aliphatic rings. The maximum atomic E-state index is 13.1. The monoisotopic (exact) mass is 410 g/mol. The molecule has 3 saturated heterocycles. The first kappa shape index (κ1) is 17.4. The Morgan fingerprint density at radius 3 is 2.96 bits per heavy atom. The molecule has 2 aromatic rings. The van der Waals surface area contributed by atoms with Crippen molar-refractivity contribution in [3.05, 3.63) is 35.2 Å². The summed E-state index contributed by atoms with van der Waals surface area (Å²) in [4.78, 5) is 19.1. The third-order valence-electron chi connectivity index (χ3n) is 5.79. The zero-order chi connectivity index (χ0) is 19.0. The Labute approximate surface area is 161 Å². The summed E-state index contributed by atoms with van der Waals surface area (Å²) in [7, 11) is -3.38. The number of imidazole rings is 1. The van der Waals surface area contributed by atoms with E-state index in [0.717, 1.165) is 0 Å². The largest absolute Gasteiger partial charge is 0.365 e. The van der Waals surface area contributed by atoms with Gasteiger partial charge >= 0.3 is 0 Å². The van der Waals surface area contributed by atoms with Crippen LogP contribution in [0.1, 0.15) is 23.8 Å². The number of hydrogen-bond acceptors (Lipinski definition) is 5. The molecule has 5 heterocycles. The molecule has 0 radical (unpaired) electrons. The number of rotatable bonds is 2. The van der Waals surface area contributed by atoms with Crippen molar-refractivity contribution in [2.24, 2.45) is 0 Å². The van der Waals surface area contributed by atoms with Crippen LogP contribution in [0.3, 0.4) is 0 Å². The summed E-state index contributed by atoms with van der Waals surface area (Å²) in [6.07, 6.45) is 3.53. The molecule has 1 unspecified atom stereocenters. The van der Waals surface area contributed by atoms with E-state index in [2.05, 4.69) is 4.98 Å². The van der Waals surface area contributed by atoms with E-state index in [-0.39, 0.29) is 18.6 Å². The summed E-state index contributed by atoms with van der Waals surface area (Å²) in [5, 5.41) is -0.0199. The number of likely N-dealkylation sites (N-methyl/N-ethyl adjacent to an activating group) is 1. The Balaban J connectivity index is 1.46. The minimum Gasteiger partial charge on any atom is -0.365 e. The second kappa shape index (κ2) is 5.66. The van der Waals surface area contributed by atoms with Crippen molar-refractivity contribution in [2.45, 2.75) is 30.3 Å². The number of halogens is 1. The second-order valence-corrected chi connectivity index (χ2v) is 9.98. The molecule has 0 saturated carbocycles. The van der Waals surface area contributed by atoms with Crippen LogP contribution in [0.2, 0.25) is 5.02 Å². The van der Waals surface area contributed by atoms with Crippen molar-refractivity contribution in [3.63, 3.8) is 0 Å². The number of carbonyl (C=O) groups excluding carboxylic acids is 1. The SMILES string of the molecule is CCN1CC23CN(C(=O)c4cn5cc(Cl)ccc5n4)C[C@@H](C[C@@H]2S1(=O)=O)O3. The highest BCUT2D eigenvalue weighted by molar-refractivity contribution is 7.90. The second-order valence-electron chi connectivity index (χ2n) is 7.42. The van der Waals surface area contributed by atoms with Gasteiger partial charge in [0.05, 0.1) is 17.7 Å². The van der Waals surface area contributed by atoms with Gasteiger partial charge in [-0.2, -0.15) is 4.31 Å². The van der Waals surface area contributed by atoms with Crippen LogP contribution in [0.25, 0.3) is 5.65 Å². The number of carbonyl (C=O) groups is 1. The topological polar surface area (TPSA) is 84.2 Å². The smallest absolute Gasteiger partial charge is 0.274 e.